The van der Waals surface area contributed by atoms with Gasteiger partial charge in [0.1, 0.15) is 0 Å². The summed E-state index contributed by atoms with van der Waals surface area (Å²) in [5.74, 6) is -0.621. The van der Waals surface area contributed by atoms with Crippen LogP contribution in [0.3, 0.4) is 0 Å². The number of nitrogens with zero attached hydrogens (tertiary/aromatic N) is 1. The van der Waals surface area contributed by atoms with Gasteiger partial charge in [0.25, 0.3) is 0 Å². The first-order valence-corrected chi connectivity index (χ1v) is 8.68. The number of carbonyl (C=O) groups is 1. The van der Waals surface area contributed by atoms with Crippen molar-refractivity contribution in [2.45, 2.75) is 59.7 Å². The first kappa shape index (κ1) is 18.9. The van der Waals surface area contributed by atoms with Crippen molar-refractivity contribution in [1.29, 1.82) is 0 Å². The highest BCUT2D eigenvalue weighted by Gasteiger charge is 2.33. The quantitative estimate of drug-likeness (QED) is 0.475. The molecule has 1 amide bonds. The lowest BCUT2D eigenvalue weighted by Crippen LogP contribution is -2.33. The van der Waals surface area contributed by atoms with E-state index in [1.807, 2.05) is 13.0 Å². The Kier molecular flexibility index (Phi) is 5.99. The Labute approximate surface area is 145 Å². The molecule has 5 nitrogen and oxygen atoms in total. The maximum absolute atomic E-state index is 12.0. The zero-order chi connectivity index (χ0) is 17.8. The van der Waals surface area contributed by atoms with Crippen molar-refractivity contribution in [3.05, 3.63) is 23.8 Å². The molecule has 134 valence electrons. The van der Waals surface area contributed by atoms with Gasteiger partial charge in [0.15, 0.2) is 5.79 Å². The molecule has 2 aliphatic rings. The van der Waals surface area contributed by atoms with Crippen LogP contribution in [-0.4, -0.2) is 30.6 Å². The van der Waals surface area contributed by atoms with Gasteiger partial charge in [0.2, 0.25) is 5.91 Å². The second-order valence-electron chi connectivity index (χ2n) is 7.61. The fourth-order valence-electron chi connectivity index (χ4n) is 3.40. The molecule has 1 N–H and O–H groups in total. The Balaban J connectivity index is 1.90. The molecular formula is C19H30N2O3. The van der Waals surface area contributed by atoms with Crippen LogP contribution in [0.25, 0.3) is 0 Å². The number of allylic oxidation sites excluding steroid dienone is 4. The molecule has 1 fully saturated rings. The molecule has 24 heavy (non-hydrogen) atoms. The van der Waals surface area contributed by atoms with Gasteiger partial charge in [-0.25, -0.2) is 5.43 Å². The SMILES string of the molecule is CC1=CCCC(C)(C)C1C=CC(C)=NNC(=O)CC1(C)OCCO1. The summed E-state index contributed by atoms with van der Waals surface area (Å²) < 4.78 is 10.9. The first-order chi connectivity index (χ1) is 11.2. The second kappa shape index (κ2) is 7.62. The molecule has 1 heterocycles. The highest BCUT2D eigenvalue weighted by Crippen LogP contribution is 2.41. The summed E-state index contributed by atoms with van der Waals surface area (Å²) in [5.41, 5.74) is 5.01. The second-order valence-corrected chi connectivity index (χ2v) is 7.61. The van der Waals surface area contributed by atoms with E-state index in [1.54, 1.807) is 6.92 Å². The number of ether oxygens (including phenoxy) is 2. The fraction of sp³-hybridized carbons (Fsp3) is 0.684. The summed E-state index contributed by atoms with van der Waals surface area (Å²) in [5, 5.41) is 4.15. The van der Waals surface area contributed by atoms with Gasteiger partial charge in [-0.1, -0.05) is 31.6 Å². The van der Waals surface area contributed by atoms with Crippen LogP contribution in [0.1, 0.15) is 53.9 Å². The standard InChI is InChI=1S/C19H30N2O3/c1-14-7-6-10-18(3,4)16(14)9-8-15(2)20-21-17(22)13-19(5)23-11-12-24-19/h7-9,16H,6,10-13H2,1-5H3,(H,21,22). The van der Waals surface area contributed by atoms with E-state index >= 15 is 0 Å². The van der Waals surface area contributed by atoms with Crippen molar-refractivity contribution >= 4 is 11.6 Å². The molecule has 5 heteroatoms. The number of rotatable bonds is 5. The van der Waals surface area contributed by atoms with E-state index in [9.17, 15) is 4.79 Å². The molecule has 0 spiro atoms. The lowest BCUT2D eigenvalue weighted by molar-refractivity contribution is -0.159. The van der Waals surface area contributed by atoms with Crippen LogP contribution in [0.5, 0.6) is 0 Å². The summed E-state index contributed by atoms with van der Waals surface area (Å²) >= 11 is 0. The van der Waals surface area contributed by atoms with Gasteiger partial charge < -0.3 is 9.47 Å². The number of hydrogen-bond acceptors (Lipinski definition) is 4. The summed E-state index contributed by atoms with van der Waals surface area (Å²) in [6.07, 6.45) is 8.97. The van der Waals surface area contributed by atoms with Gasteiger partial charge in [-0.15, -0.1) is 0 Å². The zero-order valence-corrected chi connectivity index (χ0v) is 15.5. The van der Waals surface area contributed by atoms with Crippen LogP contribution in [0.2, 0.25) is 0 Å². The topological polar surface area (TPSA) is 59.9 Å². The summed E-state index contributed by atoms with van der Waals surface area (Å²) in [7, 11) is 0. The Morgan fingerprint density at radius 3 is 2.67 bits per heavy atom. The van der Waals surface area contributed by atoms with Crippen molar-refractivity contribution in [2.24, 2.45) is 16.4 Å². The van der Waals surface area contributed by atoms with Crippen molar-refractivity contribution < 1.29 is 14.3 Å². The Morgan fingerprint density at radius 1 is 1.38 bits per heavy atom. The number of hydrogen-bond donors (Lipinski definition) is 1. The highest BCUT2D eigenvalue weighted by atomic mass is 16.7. The summed E-state index contributed by atoms with van der Waals surface area (Å²) in [6.45, 7) is 11.5. The normalized spacial score (nSPS) is 26.5. The molecule has 0 aromatic heterocycles. The molecule has 1 aliphatic carbocycles. The molecule has 1 aliphatic heterocycles. The van der Waals surface area contributed by atoms with Gasteiger partial charge in [-0.05, 0) is 45.1 Å². The minimum Gasteiger partial charge on any atom is -0.347 e. The number of nitrogens with one attached hydrogen (secondary N) is 1. The van der Waals surface area contributed by atoms with E-state index < -0.39 is 5.79 Å². The number of carbonyl (C=O) groups excluding carboxylic acids is 1. The van der Waals surface area contributed by atoms with Gasteiger partial charge in [-0.3, -0.25) is 4.79 Å². The predicted octanol–water partition coefficient (Wildman–Crippen LogP) is 3.57. The van der Waals surface area contributed by atoms with E-state index in [4.69, 9.17) is 9.47 Å². The fourth-order valence-corrected chi connectivity index (χ4v) is 3.40. The molecule has 2 rings (SSSR count). The minimum atomic E-state index is -0.822. The average molecular weight is 334 g/mol. The molecule has 0 saturated carbocycles. The number of amides is 1. The summed E-state index contributed by atoms with van der Waals surface area (Å²) in [6, 6.07) is 0. The third-order valence-corrected chi connectivity index (χ3v) is 4.85. The van der Waals surface area contributed by atoms with Crippen LogP contribution >= 0.6 is 0 Å². The smallest absolute Gasteiger partial charge is 0.245 e. The van der Waals surface area contributed by atoms with Crippen LogP contribution in [0.4, 0.5) is 0 Å². The van der Waals surface area contributed by atoms with Gasteiger partial charge >= 0.3 is 0 Å². The molecule has 1 saturated heterocycles. The minimum absolute atomic E-state index is 0.144. The third-order valence-electron chi connectivity index (χ3n) is 4.85. The van der Waals surface area contributed by atoms with Gasteiger partial charge in [0, 0.05) is 5.92 Å². The largest absolute Gasteiger partial charge is 0.347 e. The van der Waals surface area contributed by atoms with Crippen LogP contribution in [0.15, 0.2) is 28.9 Å². The van der Waals surface area contributed by atoms with Crippen LogP contribution in [-0.2, 0) is 14.3 Å². The Bertz CT molecular complexity index is 555. The van der Waals surface area contributed by atoms with Crippen molar-refractivity contribution in [2.75, 3.05) is 13.2 Å². The lowest BCUT2D eigenvalue weighted by atomic mass is 9.68. The van der Waals surface area contributed by atoms with Gasteiger partial charge in [-0.2, -0.15) is 5.10 Å². The van der Waals surface area contributed by atoms with Crippen molar-refractivity contribution in [1.82, 2.24) is 5.43 Å². The molecule has 0 aromatic rings. The molecule has 0 radical (unpaired) electrons. The van der Waals surface area contributed by atoms with Crippen molar-refractivity contribution in [3.63, 3.8) is 0 Å². The molecule has 1 atom stereocenters. The predicted molar refractivity (Wildman–Crippen MR) is 95.6 cm³/mol. The van der Waals surface area contributed by atoms with Gasteiger partial charge in [0.05, 0.1) is 25.3 Å². The third kappa shape index (κ3) is 5.02. The maximum Gasteiger partial charge on any atom is 0.245 e. The van der Waals surface area contributed by atoms with E-state index in [0.29, 0.717) is 19.1 Å². The zero-order valence-electron chi connectivity index (χ0n) is 15.5. The van der Waals surface area contributed by atoms with E-state index in [2.05, 4.69) is 43.5 Å². The van der Waals surface area contributed by atoms with E-state index in [-0.39, 0.29) is 17.7 Å². The monoisotopic (exact) mass is 334 g/mol. The Morgan fingerprint density at radius 2 is 2.04 bits per heavy atom. The average Bonchev–Trinajstić information content (AvgIpc) is 2.90. The van der Waals surface area contributed by atoms with E-state index in [0.717, 1.165) is 12.1 Å². The van der Waals surface area contributed by atoms with Crippen molar-refractivity contribution in [3.8, 4) is 0 Å². The van der Waals surface area contributed by atoms with Crippen LogP contribution in [0, 0.1) is 11.3 Å². The molecule has 0 bridgehead atoms. The molecular weight excluding hydrogens is 304 g/mol. The molecule has 0 aromatic carbocycles. The Hall–Kier alpha value is -1.46. The summed E-state index contributed by atoms with van der Waals surface area (Å²) in [4.78, 5) is 12.0. The van der Waals surface area contributed by atoms with E-state index in [1.165, 1.54) is 12.0 Å². The highest BCUT2D eigenvalue weighted by molar-refractivity contribution is 5.93. The lowest BCUT2D eigenvalue weighted by Gasteiger charge is -2.36. The van der Waals surface area contributed by atoms with Crippen LogP contribution < -0.4 is 5.43 Å². The first-order valence-electron chi connectivity index (χ1n) is 8.68. The number of hydrazone groups is 1. The maximum atomic E-state index is 12.0. The molecule has 1 unspecified atom stereocenters.